The van der Waals surface area contributed by atoms with E-state index in [1.807, 2.05) is 41.8 Å². The molecule has 0 fully saturated rings. The van der Waals surface area contributed by atoms with Gasteiger partial charge in [-0.15, -0.1) is 10.2 Å². The van der Waals surface area contributed by atoms with Crippen molar-refractivity contribution >= 4 is 17.5 Å². The normalized spacial score (nSPS) is 10.8. The molecule has 3 aromatic rings. The molecule has 4 nitrogen and oxygen atoms in total. The largest absolute Gasteiger partial charge is 0.302 e. The van der Waals surface area contributed by atoms with Gasteiger partial charge in [-0.3, -0.25) is 4.79 Å². The number of rotatable bonds is 6. The smallest absolute Gasteiger partial charge is 0.191 e. The Bertz CT molecular complexity index is 897. The van der Waals surface area contributed by atoms with Crippen molar-refractivity contribution in [2.24, 2.45) is 0 Å². The van der Waals surface area contributed by atoms with E-state index >= 15 is 0 Å². The van der Waals surface area contributed by atoms with Crippen LogP contribution in [0, 0.1) is 11.6 Å². The lowest BCUT2D eigenvalue weighted by atomic mass is 10.1. The first-order chi connectivity index (χ1) is 12.1. The molecule has 0 saturated heterocycles. The number of benzene rings is 2. The van der Waals surface area contributed by atoms with Crippen molar-refractivity contribution < 1.29 is 13.6 Å². The van der Waals surface area contributed by atoms with E-state index in [-0.39, 0.29) is 17.1 Å². The highest BCUT2D eigenvalue weighted by atomic mass is 32.2. The third-order valence-electron chi connectivity index (χ3n) is 3.64. The summed E-state index contributed by atoms with van der Waals surface area (Å²) in [6.45, 7) is 2.62. The molecule has 128 valence electrons. The second-order valence-corrected chi connectivity index (χ2v) is 6.20. The lowest BCUT2D eigenvalue weighted by molar-refractivity contribution is 0.102. The molecule has 0 aliphatic rings. The summed E-state index contributed by atoms with van der Waals surface area (Å²) in [7, 11) is 0. The van der Waals surface area contributed by atoms with E-state index in [4.69, 9.17) is 0 Å². The van der Waals surface area contributed by atoms with Crippen LogP contribution >= 0.6 is 11.8 Å². The van der Waals surface area contributed by atoms with Crippen LogP contribution in [0.4, 0.5) is 8.78 Å². The van der Waals surface area contributed by atoms with Crippen molar-refractivity contribution in [3.63, 3.8) is 0 Å². The molecule has 0 radical (unpaired) electrons. The Balaban J connectivity index is 1.76. The summed E-state index contributed by atoms with van der Waals surface area (Å²) < 4.78 is 28.1. The van der Waals surface area contributed by atoms with Gasteiger partial charge in [0.2, 0.25) is 0 Å². The Morgan fingerprint density at radius 3 is 2.52 bits per heavy atom. The van der Waals surface area contributed by atoms with Crippen molar-refractivity contribution in [2.45, 2.75) is 18.6 Å². The number of carbonyl (C=O) groups is 1. The third-order valence-corrected chi connectivity index (χ3v) is 4.61. The fraction of sp³-hybridized carbons (Fsp3) is 0.167. The molecule has 0 spiro atoms. The van der Waals surface area contributed by atoms with Crippen LogP contribution in [0.2, 0.25) is 0 Å². The van der Waals surface area contributed by atoms with Gasteiger partial charge in [-0.05, 0) is 25.1 Å². The van der Waals surface area contributed by atoms with Gasteiger partial charge in [0.05, 0.1) is 5.75 Å². The van der Waals surface area contributed by atoms with Crippen molar-refractivity contribution in [1.82, 2.24) is 14.8 Å². The van der Waals surface area contributed by atoms with Crippen LogP contribution in [0.3, 0.4) is 0 Å². The minimum atomic E-state index is -1.03. The maximum Gasteiger partial charge on any atom is 0.191 e. The SMILES string of the molecule is CCn1c(SCC(=O)c2ccc(F)c(F)c2)nnc1-c1ccccc1. The monoisotopic (exact) mass is 359 g/mol. The van der Waals surface area contributed by atoms with Crippen molar-refractivity contribution in [3.8, 4) is 11.4 Å². The highest BCUT2D eigenvalue weighted by molar-refractivity contribution is 7.99. The van der Waals surface area contributed by atoms with Crippen LogP contribution < -0.4 is 0 Å². The van der Waals surface area contributed by atoms with Crippen molar-refractivity contribution in [3.05, 3.63) is 65.7 Å². The first-order valence-corrected chi connectivity index (χ1v) is 8.68. The van der Waals surface area contributed by atoms with E-state index in [0.717, 1.165) is 23.5 Å². The molecule has 0 aliphatic carbocycles. The zero-order valence-corrected chi connectivity index (χ0v) is 14.3. The fourth-order valence-corrected chi connectivity index (χ4v) is 3.26. The molecule has 25 heavy (non-hydrogen) atoms. The molecule has 3 rings (SSSR count). The van der Waals surface area contributed by atoms with Crippen molar-refractivity contribution in [2.75, 3.05) is 5.75 Å². The van der Waals surface area contributed by atoms with E-state index < -0.39 is 11.6 Å². The zero-order valence-electron chi connectivity index (χ0n) is 13.4. The molecule has 0 atom stereocenters. The molecule has 1 aromatic heterocycles. The van der Waals surface area contributed by atoms with Crippen LogP contribution in [-0.4, -0.2) is 26.3 Å². The van der Waals surface area contributed by atoms with Crippen LogP contribution in [-0.2, 0) is 6.54 Å². The van der Waals surface area contributed by atoms with Gasteiger partial charge in [-0.1, -0.05) is 42.1 Å². The predicted molar refractivity (Wildman–Crippen MR) is 92.5 cm³/mol. The lowest BCUT2D eigenvalue weighted by Gasteiger charge is -2.07. The second-order valence-electron chi connectivity index (χ2n) is 5.26. The maximum absolute atomic E-state index is 13.3. The number of thioether (sulfide) groups is 1. The summed E-state index contributed by atoms with van der Waals surface area (Å²) in [5, 5.41) is 8.96. The van der Waals surface area contributed by atoms with E-state index in [0.29, 0.717) is 11.7 Å². The van der Waals surface area contributed by atoms with Gasteiger partial charge in [-0.25, -0.2) is 8.78 Å². The number of carbonyl (C=O) groups excluding carboxylic acids is 1. The molecule has 0 bridgehead atoms. The third kappa shape index (κ3) is 3.76. The quantitative estimate of drug-likeness (QED) is 0.488. The van der Waals surface area contributed by atoms with Gasteiger partial charge in [0.15, 0.2) is 28.4 Å². The van der Waals surface area contributed by atoms with Gasteiger partial charge in [0, 0.05) is 17.7 Å². The van der Waals surface area contributed by atoms with Gasteiger partial charge in [0.1, 0.15) is 0 Å². The average Bonchev–Trinajstić information content (AvgIpc) is 3.05. The number of Topliss-reactive ketones (excluding diaryl/α,β-unsaturated/α-hetero) is 1. The summed E-state index contributed by atoms with van der Waals surface area (Å²) in [5.74, 6) is -1.50. The summed E-state index contributed by atoms with van der Waals surface area (Å²) in [5.41, 5.74) is 1.08. The van der Waals surface area contributed by atoms with Crippen LogP contribution in [0.5, 0.6) is 0 Å². The van der Waals surface area contributed by atoms with E-state index in [9.17, 15) is 13.6 Å². The highest BCUT2D eigenvalue weighted by Crippen LogP contribution is 2.24. The summed E-state index contributed by atoms with van der Waals surface area (Å²) in [4.78, 5) is 12.2. The Morgan fingerprint density at radius 2 is 1.84 bits per heavy atom. The molecule has 0 amide bonds. The molecule has 0 unspecified atom stereocenters. The Labute approximate surface area is 147 Å². The predicted octanol–water partition coefficient (Wildman–Crippen LogP) is 4.22. The molecule has 0 N–H and O–H groups in total. The van der Waals surface area contributed by atoms with E-state index in [1.165, 1.54) is 17.8 Å². The summed E-state index contributed by atoms with van der Waals surface area (Å²) >= 11 is 1.22. The standard InChI is InChI=1S/C18H15F2N3OS/c1-2-23-17(12-6-4-3-5-7-12)21-22-18(23)25-11-16(24)13-8-9-14(19)15(20)10-13/h3-10H,2,11H2,1H3. The van der Waals surface area contributed by atoms with Gasteiger partial charge in [0.25, 0.3) is 0 Å². The fourth-order valence-electron chi connectivity index (χ4n) is 2.36. The summed E-state index contributed by atoms with van der Waals surface area (Å²) in [6, 6.07) is 12.8. The maximum atomic E-state index is 13.3. The molecular formula is C18H15F2N3OS. The van der Waals surface area contributed by atoms with Gasteiger partial charge in [-0.2, -0.15) is 0 Å². The van der Waals surface area contributed by atoms with Crippen LogP contribution in [0.25, 0.3) is 11.4 Å². The van der Waals surface area contributed by atoms with Crippen LogP contribution in [0.15, 0.2) is 53.7 Å². The molecule has 7 heteroatoms. The Morgan fingerprint density at radius 1 is 1.08 bits per heavy atom. The first kappa shape index (κ1) is 17.3. The number of hydrogen-bond acceptors (Lipinski definition) is 4. The van der Waals surface area contributed by atoms with E-state index in [2.05, 4.69) is 10.2 Å². The molecule has 0 saturated carbocycles. The molecule has 0 aliphatic heterocycles. The minimum absolute atomic E-state index is 0.0675. The minimum Gasteiger partial charge on any atom is -0.302 e. The van der Waals surface area contributed by atoms with Crippen molar-refractivity contribution in [1.29, 1.82) is 0 Å². The molecular weight excluding hydrogens is 344 g/mol. The second kappa shape index (κ2) is 7.57. The lowest BCUT2D eigenvalue weighted by Crippen LogP contribution is -2.06. The number of halogens is 2. The molecule has 2 aromatic carbocycles. The topological polar surface area (TPSA) is 47.8 Å². The highest BCUT2D eigenvalue weighted by Gasteiger charge is 2.16. The summed E-state index contributed by atoms with van der Waals surface area (Å²) in [6.07, 6.45) is 0. The zero-order chi connectivity index (χ0) is 17.8. The number of ketones is 1. The molecule has 1 heterocycles. The Hall–Kier alpha value is -2.54. The number of aromatic nitrogens is 3. The van der Waals surface area contributed by atoms with Gasteiger partial charge >= 0.3 is 0 Å². The number of nitrogens with zero attached hydrogens (tertiary/aromatic N) is 3. The average molecular weight is 359 g/mol. The first-order valence-electron chi connectivity index (χ1n) is 7.69. The van der Waals surface area contributed by atoms with Crippen LogP contribution in [0.1, 0.15) is 17.3 Å². The van der Waals surface area contributed by atoms with Gasteiger partial charge < -0.3 is 4.57 Å². The Kier molecular flexibility index (Phi) is 5.23. The number of hydrogen-bond donors (Lipinski definition) is 0. The van der Waals surface area contributed by atoms with E-state index in [1.54, 1.807) is 0 Å².